The zero-order valence-corrected chi connectivity index (χ0v) is 16.6. The van der Waals surface area contributed by atoms with Gasteiger partial charge in [-0.3, -0.25) is 0 Å². The summed E-state index contributed by atoms with van der Waals surface area (Å²) in [6, 6.07) is 17.1. The molecule has 0 heterocycles. The van der Waals surface area contributed by atoms with Crippen LogP contribution in [0.5, 0.6) is 5.75 Å². The largest absolute Gasteiger partial charge is 0.491 e. The van der Waals surface area contributed by atoms with E-state index in [-0.39, 0.29) is 10.8 Å². The molecular weight excluding hydrogens is 308 g/mol. The van der Waals surface area contributed by atoms with Gasteiger partial charge < -0.3 is 9.47 Å². The van der Waals surface area contributed by atoms with Crippen molar-refractivity contribution in [2.24, 2.45) is 5.41 Å². The van der Waals surface area contributed by atoms with E-state index in [2.05, 4.69) is 77.9 Å². The van der Waals surface area contributed by atoms with Crippen molar-refractivity contribution in [3.63, 3.8) is 0 Å². The van der Waals surface area contributed by atoms with E-state index in [1.54, 1.807) is 0 Å². The van der Waals surface area contributed by atoms with E-state index in [0.29, 0.717) is 13.2 Å². The Hall–Kier alpha value is -1.80. The molecule has 0 aromatic heterocycles. The second kappa shape index (κ2) is 8.05. The molecule has 0 amide bonds. The summed E-state index contributed by atoms with van der Waals surface area (Å²) < 4.78 is 11.4. The van der Waals surface area contributed by atoms with Crippen molar-refractivity contribution < 1.29 is 9.47 Å². The molecular formula is C23H32O2. The van der Waals surface area contributed by atoms with E-state index >= 15 is 0 Å². The minimum absolute atomic E-state index is 0.186. The Bertz CT molecular complexity index is 640. The standard InChI is InChI=1S/C23H32O2/c1-22(2,3)17-24-15-16-25-21-13-9-19(10-14-21)18-7-11-20(12-8-18)23(4,5)6/h7-14H,15-17H2,1-6H3. The molecule has 2 rings (SSSR count). The Balaban J connectivity index is 1.87. The minimum Gasteiger partial charge on any atom is -0.491 e. The van der Waals surface area contributed by atoms with Crippen molar-refractivity contribution in [2.75, 3.05) is 19.8 Å². The number of hydrogen-bond donors (Lipinski definition) is 0. The molecule has 0 saturated carbocycles. The molecule has 0 N–H and O–H groups in total. The summed E-state index contributed by atoms with van der Waals surface area (Å²) in [6.07, 6.45) is 0. The van der Waals surface area contributed by atoms with Crippen molar-refractivity contribution in [3.05, 3.63) is 54.1 Å². The number of rotatable bonds is 6. The Morgan fingerprint density at radius 1 is 0.680 bits per heavy atom. The quantitative estimate of drug-likeness (QED) is 0.592. The first-order valence-electron chi connectivity index (χ1n) is 9.07. The van der Waals surface area contributed by atoms with Gasteiger partial charge in [0.2, 0.25) is 0 Å². The lowest BCUT2D eigenvalue weighted by molar-refractivity contribution is 0.0514. The summed E-state index contributed by atoms with van der Waals surface area (Å²) in [5.74, 6) is 0.884. The topological polar surface area (TPSA) is 18.5 Å². The Morgan fingerprint density at radius 2 is 1.20 bits per heavy atom. The molecule has 2 heteroatoms. The summed E-state index contributed by atoms with van der Waals surface area (Å²) in [4.78, 5) is 0. The van der Waals surface area contributed by atoms with Crippen LogP contribution in [0.4, 0.5) is 0 Å². The van der Waals surface area contributed by atoms with Crippen molar-refractivity contribution in [2.45, 2.75) is 47.0 Å². The van der Waals surface area contributed by atoms with Crippen LogP contribution < -0.4 is 4.74 Å². The van der Waals surface area contributed by atoms with Gasteiger partial charge in [0.15, 0.2) is 0 Å². The fourth-order valence-electron chi connectivity index (χ4n) is 2.50. The van der Waals surface area contributed by atoms with E-state index in [0.717, 1.165) is 12.4 Å². The van der Waals surface area contributed by atoms with Crippen molar-refractivity contribution in [1.82, 2.24) is 0 Å². The Labute approximate surface area is 153 Å². The zero-order valence-electron chi connectivity index (χ0n) is 16.6. The first-order valence-corrected chi connectivity index (χ1v) is 9.07. The third-order valence-electron chi connectivity index (χ3n) is 3.97. The van der Waals surface area contributed by atoms with Crippen LogP contribution in [-0.4, -0.2) is 19.8 Å². The van der Waals surface area contributed by atoms with Gasteiger partial charge in [-0.05, 0) is 39.7 Å². The SMILES string of the molecule is CC(C)(C)COCCOc1ccc(-c2ccc(C(C)(C)C)cc2)cc1. The lowest BCUT2D eigenvalue weighted by Gasteiger charge is -2.19. The maximum Gasteiger partial charge on any atom is 0.119 e. The monoisotopic (exact) mass is 340 g/mol. The second-order valence-electron chi connectivity index (χ2n) is 8.81. The average molecular weight is 341 g/mol. The molecule has 0 aliphatic rings. The third kappa shape index (κ3) is 6.55. The first kappa shape index (κ1) is 19.5. The fraction of sp³-hybridized carbons (Fsp3) is 0.478. The minimum atomic E-state index is 0.186. The number of ether oxygens (including phenoxy) is 2. The molecule has 0 radical (unpaired) electrons. The van der Waals surface area contributed by atoms with Crippen LogP contribution >= 0.6 is 0 Å². The molecule has 0 unspecified atom stereocenters. The summed E-state index contributed by atoms with van der Waals surface area (Å²) in [5.41, 5.74) is 4.17. The molecule has 136 valence electrons. The van der Waals surface area contributed by atoms with Crippen LogP contribution in [0.25, 0.3) is 11.1 Å². The zero-order chi connectivity index (χ0) is 18.5. The van der Waals surface area contributed by atoms with Crippen LogP contribution in [0, 0.1) is 5.41 Å². The molecule has 0 aliphatic carbocycles. The summed E-state index contributed by atoms with van der Waals surface area (Å²) >= 11 is 0. The van der Waals surface area contributed by atoms with Gasteiger partial charge in [0.05, 0.1) is 13.2 Å². The Morgan fingerprint density at radius 3 is 1.68 bits per heavy atom. The van der Waals surface area contributed by atoms with E-state index in [1.807, 2.05) is 12.1 Å². The van der Waals surface area contributed by atoms with E-state index in [1.165, 1.54) is 16.7 Å². The van der Waals surface area contributed by atoms with Crippen molar-refractivity contribution >= 4 is 0 Å². The van der Waals surface area contributed by atoms with Gasteiger partial charge >= 0.3 is 0 Å². The van der Waals surface area contributed by atoms with E-state index in [9.17, 15) is 0 Å². The van der Waals surface area contributed by atoms with Gasteiger partial charge in [0, 0.05) is 0 Å². The molecule has 0 bridgehead atoms. The maximum atomic E-state index is 5.75. The Kier molecular flexibility index (Phi) is 6.29. The van der Waals surface area contributed by atoms with Crippen molar-refractivity contribution in [1.29, 1.82) is 0 Å². The molecule has 2 nitrogen and oxygen atoms in total. The van der Waals surface area contributed by atoms with Crippen LogP contribution in [0.15, 0.2) is 48.5 Å². The predicted octanol–water partition coefficient (Wildman–Crippen LogP) is 6.09. The highest BCUT2D eigenvalue weighted by molar-refractivity contribution is 5.64. The smallest absolute Gasteiger partial charge is 0.119 e. The maximum absolute atomic E-state index is 5.75. The first-order chi connectivity index (χ1) is 11.6. The van der Waals surface area contributed by atoms with Gasteiger partial charge in [-0.25, -0.2) is 0 Å². The summed E-state index contributed by atoms with van der Waals surface area (Å²) in [5, 5.41) is 0. The highest BCUT2D eigenvalue weighted by atomic mass is 16.5. The van der Waals surface area contributed by atoms with Gasteiger partial charge in [0.25, 0.3) is 0 Å². The molecule has 0 spiro atoms. The number of benzene rings is 2. The van der Waals surface area contributed by atoms with Crippen molar-refractivity contribution in [3.8, 4) is 16.9 Å². The molecule has 2 aromatic rings. The summed E-state index contributed by atoms with van der Waals surface area (Å²) in [7, 11) is 0. The van der Waals surface area contributed by atoms with Crippen LogP contribution in [-0.2, 0) is 10.2 Å². The van der Waals surface area contributed by atoms with Crippen LogP contribution in [0.1, 0.15) is 47.1 Å². The highest BCUT2D eigenvalue weighted by Crippen LogP contribution is 2.27. The lowest BCUT2D eigenvalue weighted by atomic mass is 9.86. The molecule has 25 heavy (non-hydrogen) atoms. The van der Waals surface area contributed by atoms with Gasteiger partial charge in [-0.2, -0.15) is 0 Å². The molecule has 0 saturated heterocycles. The lowest BCUT2D eigenvalue weighted by Crippen LogP contribution is -2.17. The van der Waals surface area contributed by atoms with E-state index in [4.69, 9.17) is 9.47 Å². The van der Waals surface area contributed by atoms with Crippen LogP contribution in [0.2, 0.25) is 0 Å². The molecule has 0 atom stereocenters. The average Bonchev–Trinajstić information content (AvgIpc) is 2.53. The molecule has 0 fully saturated rings. The van der Waals surface area contributed by atoms with Gasteiger partial charge in [-0.15, -0.1) is 0 Å². The predicted molar refractivity (Wildman–Crippen MR) is 106 cm³/mol. The highest BCUT2D eigenvalue weighted by Gasteiger charge is 2.13. The van der Waals surface area contributed by atoms with Crippen LogP contribution in [0.3, 0.4) is 0 Å². The van der Waals surface area contributed by atoms with Gasteiger partial charge in [0.1, 0.15) is 12.4 Å². The third-order valence-corrected chi connectivity index (χ3v) is 3.97. The summed E-state index contributed by atoms with van der Waals surface area (Å²) in [6.45, 7) is 15.2. The fourth-order valence-corrected chi connectivity index (χ4v) is 2.50. The van der Waals surface area contributed by atoms with Gasteiger partial charge in [-0.1, -0.05) is 77.9 Å². The second-order valence-corrected chi connectivity index (χ2v) is 8.81. The molecule has 0 aliphatic heterocycles. The molecule has 2 aromatic carbocycles. The normalized spacial score (nSPS) is 12.2. The number of hydrogen-bond acceptors (Lipinski definition) is 2. The van der Waals surface area contributed by atoms with E-state index < -0.39 is 0 Å².